The minimum Gasteiger partial charge on any atom is -0.349 e. The molecule has 1 unspecified atom stereocenters. The van der Waals surface area contributed by atoms with Crippen LogP contribution in [0.2, 0.25) is 0 Å². The quantitative estimate of drug-likeness (QED) is 0.712. The highest BCUT2D eigenvalue weighted by Gasteiger charge is 2.61. The summed E-state index contributed by atoms with van der Waals surface area (Å²) in [5, 5.41) is 2.18. The average Bonchev–Trinajstić information content (AvgIpc) is 2.70. The topological polar surface area (TPSA) is 46.2 Å². The predicted molar refractivity (Wildman–Crippen MR) is 41.4 cm³/mol. The molecule has 0 saturated heterocycles. The molecule has 1 N–H and O–H groups in total. The molecule has 0 heterocycles. The molecule has 0 aliphatic heterocycles. The molecule has 3 nitrogen and oxygen atoms in total. The summed E-state index contributed by atoms with van der Waals surface area (Å²) >= 11 is 0. The van der Waals surface area contributed by atoms with Crippen molar-refractivity contribution in [3.8, 4) is 0 Å². The van der Waals surface area contributed by atoms with E-state index in [1.807, 2.05) is 0 Å². The smallest absolute Gasteiger partial charge is 0.260 e. The minimum absolute atomic E-state index is 0.137. The van der Waals surface area contributed by atoms with E-state index in [1.54, 1.807) is 6.92 Å². The molecular formula is C8H11F2NO2. The van der Waals surface area contributed by atoms with Crippen LogP contribution in [0.5, 0.6) is 0 Å². The number of nitrogens with one attached hydrogen (secondary N) is 1. The number of alkyl halides is 2. The van der Waals surface area contributed by atoms with Crippen molar-refractivity contribution in [1.82, 2.24) is 5.32 Å². The van der Waals surface area contributed by atoms with Crippen molar-refractivity contribution < 1.29 is 18.4 Å². The normalized spacial score (nSPS) is 23.8. The summed E-state index contributed by atoms with van der Waals surface area (Å²) in [6, 6.07) is 0. The fourth-order valence-corrected chi connectivity index (χ4v) is 0.932. The van der Waals surface area contributed by atoms with E-state index in [4.69, 9.17) is 0 Å². The molecule has 0 aromatic carbocycles. The van der Waals surface area contributed by atoms with E-state index in [1.165, 1.54) is 0 Å². The van der Waals surface area contributed by atoms with Crippen molar-refractivity contribution in [2.45, 2.75) is 25.7 Å². The van der Waals surface area contributed by atoms with Crippen LogP contribution in [0.4, 0.5) is 8.78 Å². The molecule has 1 atom stereocenters. The van der Waals surface area contributed by atoms with E-state index in [-0.39, 0.29) is 18.7 Å². The summed E-state index contributed by atoms with van der Waals surface area (Å²) in [6.07, 6.45) is -0.0828. The first-order valence-corrected chi connectivity index (χ1v) is 4.14. The molecule has 1 aliphatic rings. The summed E-state index contributed by atoms with van der Waals surface area (Å²) in [6.45, 7) is 1.52. The molecule has 0 aromatic rings. The van der Waals surface area contributed by atoms with Gasteiger partial charge in [0.1, 0.15) is 5.92 Å². The van der Waals surface area contributed by atoms with Crippen LogP contribution in [0.25, 0.3) is 0 Å². The van der Waals surface area contributed by atoms with Gasteiger partial charge in [0.05, 0.1) is 6.54 Å². The predicted octanol–water partition coefficient (Wildman–Crippen LogP) is 0.737. The number of halogens is 2. The van der Waals surface area contributed by atoms with Gasteiger partial charge in [0.25, 0.3) is 5.92 Å². The number of Topliss-reactive ketones (excluding diaryl/α,β-unsaturated/α-hetero) is 1. The molecule has 1 aliphatic carbocycles. The molecule has 1 saturated carbocycles. The van der Waals surface area contributed by atoms with Crippen LogP contribution < -0.4 is 5.32 Å². The van der Waals surface area contributed by atoms with E-state index in [2.05, 4.69) is 5.32 Å². The van der Waals surface area contributed by atoms with Crippen LogP contribution in [0.3, 0.4) is 0 Å². The van der Waals surface area contributed by atoms with Gasteiger partial charge in [0.2, 0.25) is 5.91 Å². The van der Waals surface area contributed by atoms with Gasteiger partial charge in [-0.2, -0.15) is 0 Å². The summed E-state index contributed by atoms with van der Waals surface area (Å²) in [5.41, 5.74) is 0. The van der Waals surface area contributed by atoms with Crippen LogP contribution in [0.1, 0.15) is 19.8 Å². The lowest BCUT2D eigenvalue weighted by Gasteiger charge is -2.01. The zero-order chi connectivity index (χ0) is 10.1. The lowest BCUT2D eigenvalue weighted by atomic mass is 10.3. The first-order valence-electron chi connectivity index (χ1n) is 4.14. The van der Waals surface area contributed by atoms with Crippen LogP contribution in [0.15, 0.2) is 0 Å². The largest absolute Gasteiger partial charge is 0.349 e. The van der Waals surface area contributed by atoms with Crippen LogP contribution >= 0.6 is 0 Å². The maximum absolute atomic E-state index is 12.3. The highest BCUT2D eigenvalue weighted by Crippen LogP contribution is 2.48. The van der Waals surface area contributed by atoms with Crippen molar-refractivity contribution >= 4 is 11.7 Å². The number of carbonyl (C=O) groups excluding carboxylic acids is 2. The summed E-state index contributed by atoms with van der Waals surface area (Å²) in [5.74, 6) is -4.93. The van der Waals surface area contributed by atoms with Gasteiger partial charge in [-0.15, -0.1) is 0 Å². The molecule has 1 rings (SSSR count). The van der Waals surface area contributed by atoms with E-state index in [9.17, 15) is 18.4 Å². The van der Waals surface area contributed by atoms with Crippen molar-refractivity contribution in [3.63, 3.8) is 0 Å². The maximum atomic E-state index is 12.3. The third-order valence-corrected chi connectivity index (χ3v) is 2.00. The molecule has 1 amide bonds. The van der Waals surface area contributed by atoms with Gasteiger partial charge in [-0.25, -0.2) is 8.78 Å². The third-order valence-electron chi connectivity index (χ3n) is 2.00. The van der Waals surface area contributed by atoms with Crippen molar-refractivity contribution in [2.24, 2.45) is 5.92 Å². The standard InChI is InChI=1S/C8H11F2NO2/c1-2-5(12)4-11-7(13)6-3-8(6,9)10/h6H,2-4H2,1H3,(H,11,13). The van der Waals surface area contributed by atoms with Crippen LogP contribution in [0, 0.1) is 5.92 Å². The third kappa shape index (κ3) is 2.47. The SMILES string of the molecule is CCC(=O)CNC(=O)C1CC1(F)F. The van der Waals surface area contributed by atoms with Gasteiger partial charge in [-0.3, -0.25) is 9.59 Å². The molecule has 0 aromatic heterocycles. The molecule has 0 radical (unpaired) electrons. The first kappa shape index (κ1) is 10.1. The lowest BCUT2D eigenvalue weighted by molar-refractivity contribution is -0.127. The number of amides is 1. The van der Waals surface area contributed by atoms with Crippen molar-refractivity contribution in [1.29, 1.82) is 0 Å². The molecule has 1 fully saturated rings. The number of carbonyl (C=O) groups is 2. The average molecular weight is 191 g/mol. The first-order chi connectivity index (χ1) is 5.97. The molecule has 5 heteroatoms. The fourth-order valence-electron chi connectivity index (χ4n) is 0.932. The lowest BCUT2D eigenvalue weighted by Crippen LogP contribution is -2.31. The zero-order valence-electron chi connectivity index (χ0n) is 7.27. The second kappa shape index (κ2) is 3.40. The van der Waals surface area contributed by atoms with Gasteiger partial charge in [0, 0.05) is 12.8 Å². The minimum atomic E-state index is -2.85. The monoisotopic (exact) mass is 191 g/mol. The van der Waals surface area contributed by atoms with Crippen LogP contribution in [-0.4, -0.2) is 24.2 Å². The van der Waals surface area contributed by atoms with E-state index >= 15 is 0 Å². The summed E-state index contributed by atoms with van der Waals surface area (Å²) < 4.78 is 24.6. The molecule has 74 valence electrons. The Hall–Kier alpha value is -1.00. The summed E-state index contributed by atoms with van der Waals surface area (Å²) in [4.78, 5) is 21.6. The Kier molecular flexibility index (Phi) is 2.63. The highest BCUT2D eigenvalue weighted by molar-refractivity contribution is 5.88. The van der Waals surface area contributed by atoms with E-state index < -0.39 is 17.7 Å². The second-order valence-corrected chi connectivity index (χ2v) is 3.13. The Morgan fingerprint density at radius 2 is 2.08 bits per heavy atom. The zero-order valence-corrected chi connectivity index (χ0v) is 7.27. The number of rotatable bonds is 4. The van der Waals surface area contributed by atoms with Gasteiger partial charge in [-0.1, -0.05) is 6.92 Å². The Morgan fingerprint density at radius 3 is 2.46 bits per heavy atom. The summed E-state index contributed by atoms with van der Waals surface area (Å²) in [7, 11) is 0. The van der Waals surface area contributed by atoms with E-state index in [0.29, 0.717) is 6.42 Å². The number of ketones is 1. The van der Waals surface area contributed by atoms with Gasteiger partial charge >= 0.3 is 0 Å². The van der Waals surface area contributed by atoms with Crippen molar-refractivity contribution in [2.75, 3.05) is 6.54 Å². The Morgan fingerprint density at radius 1 is 1.54 bits per heavy atom. The van der Waals surface area contributed by atoms with Gasteiger partial charge in [-0.05, 0) is 0 Å². The highest BCUT2D eigenvalue weighted by atomic mass is 19.3. The Bertz CT molecular complexity index is 240. The van der Waals surface area contributed by atoms with Crippen molar-refractivity contribution in [3.05, 3.63) is 0 Å². The van der Waals surface area contributed by atoms with E-state index in [0.717, 1.165) is 0 Å². The fraction of sp³-hybridized carbons (Fsp3) is 0.750. The Labute approximate surface area is 74.5 Å². The number of hydrogen-bond acceptors (Lipinski definition) is 2. The molecule has 0 spiro atoms. The van der Waals surface area contributed by atoms with Gasteiger partial charge < -0.3 is 5.32 Å². The Balaban J connectivity index is 2.24. The van der Waals surface area contributed by atoms with Gasteiger partial charge in [0.15, 0.2) is 5.78 Å². The molecule has 0 bridgehead atoms. The number of hydrogen-bond donors (Lipinski definition) is 1. The molecule has 13 heavy (non-hydrogen) atoms. The maximum Gasteiger partial charge on any atom is 0.260 e. The van der Waals surface area contributed by atoms with Crippen LogP contribution in [-0.2, 0) is 9.59 Å². The second-order valence-electron chi connectivity index (χ2n) is 3.13. The molecular weight excluding hydrogens is 180 g/mol.